The van der Waals surface area contributed by atoms with Gasteiger partial charge < -0.3 is 10.2 Å². The largest absolute Gasteiger partial charge is 0.355 e. The molecule has 0 bridgehead atoms. The molecule has 10 heteroatoms. The Bertz CT molecular complexity index is 851. The van der Waals surface area contributed by atoms with E-state index in [0.717, 1.165) is 23.8 Å². The number of thiophene rings is 1. The number of aromatic nitrogens is 1. The number of nitrogens with one attached hydrogen (secondary N) is 2. The van der Waals surface area contributed by atoms with E-state index in [1.165, 1.54) is 34.7 Å². The summed E-state index contributed by atoms with van der Waals surface area (Å²) in [4.78, 5) is 12.5. The maximum absolute atomic E-state index is 12.1. The Hall–Kier alpha value is -1.49. The van der Waals surface area contributed by atoms with E-state index in [2.05, 4.69) is 15.0 Å². The normalized spacial score (nSPS) is 14.8. The van der Waals surface area contributed by atoms with Crippen molar-refractivity contribution in [2.24, 2.45) is 4.99 Å². The monoisotopic (exact) mass is 427 g/mol. The summed E-state index contributed by atoms with van der Waals surface area (Å²) in [6.45, 7) is 1.44. The first kappa shape index (κ1) is 20.2. The molecule has 0 unspecified atom stereocenters. The van der Waals surface area contributed by atoms with Crippen molar-refractivity contribution < 1.29 is 8.42 Å². The van der Waals surface area contributed by atoms with Crippen molar-refractivity contribution in [2.75, 3.05) is 27.2 Å². The fourth-order valence-electron chi connectivity index (χ4n) is 2.98. The number of rotatable bonds is 7. The van der Waals surface area contributed by atoms with Crippen LogP contribution in [0.3, 0.4) is 0 Å². The molecule has 0 radical (unpaired) electrons. The van der Waals surface area contributed by atoms with Crippen LogP contribution in [0.1, 0.15) is 28.4 Å². The third-order valence-corrected chi connectivity index (χ3v) is 8.30. The lowest BCUT2D eigenvalue weighted by Crippen LogP contribution is -2.42. The molecule has 0 spiro atoms. The van der Waals surface area contributed by atoms with Crippen molar-refractivity contribution >= 4 is 38.7 Å². The molecule has 2 aromatic rings. The molecular formula is C17H25N5O2S3. The van der Waals surface area contributed by atoms with Gasteiger partial charge in [-0.3, -0.25) is 4.99 Å². The number of hydrogen-bond donors (Lipinski definition) is 2. The number of aliphatic imine (C=N–C) groups is 1. The van der Waals surface area contributed by atoms with E-state index in [4.69, 9.17) is 4.98 Å². The van der Waals surface area contributed by atoms with Gasteiger partial charge in [-0.15, -0.1) is 22.7 Å². The highest BCUT2D eigenvalue weighted by Crippen LogP contribution is 2.27. The first-order chi connectivity index (χ1) is 13.0. The molecular weight excluding hydrogens is 402 g/mol. The maximum atomic E-state index is 12.1. The molecule has 2 heterocycles. The van der Waals surface area contributed by atoms with Gasteiger partial charge in [-0.2, -0.15) is 0 Å². The standard InChI is InChI=1S/C17H25N5O2S3/c1-18-17(19-9-10-20-27(23,24)16-8-5-11-25-16)22(2)12-15-21-13-6-3-4-7-14(13)26-15/h5,8,11,20H,3-4,6-7,9-10,12H2,1-2H3,(H,18,19). The zero-order valence-electron chi connectivity index (χ0n) is 15.6. The molecule has 2 aromatic heterocycles. The first-order valence-corrected chi connectivity index (χ1v) is 12.1. The Morgan fingerprint density at radius 2 is 2.15 bits per heavy atom. The number of thiazole rings is 1. The number of sulfonamides is 1. The Kier molecular flexibility index (Phi) is 6.85. The first-order valence-electron chi connectivity index (χ1n) is 8.92. The van der Waals surface area contributed by atoms with Gasteiger partial charge in [0.25, 0.3) is 0 Å². The van der Waals surface area contributed by atoms with Crippen LogP contribution in [0.4, 0.5) is 0 Å². The molecule has 27 heavy (non-hydrogen) atoms. The van der Waals surface area contributed by atoms with E-state index in [1.54, 1.807) is 35.9 Å². The highest BCUT2D eigenvalue weighted by molar-refractivity contribution is 7.91. The quantitative estimate of drug-likeness (QED) is 0.401. The summed E-state index contributed by atoms with van der Waals surface area (Å²) in [5.74, 6) is 0.721. The SMILES string of the molecule is CN=C(NCCNS(=O)(=O)c1cccs1)N(C)Cc1nc2c(s1)CCCC2. The summed E-state index contributed by atoms with van der Waals surface area (Å²) in [5.41, 5.74) is 1.26. The van der Waals surface area contributed by atoms with Crippen LogP contribution in [0.5, 0.6) is 0 Å². The van der Waals surface area contributed by atoms with E-state index in [0.29, 0.717) is 23.8 Å². The third-order valence-electron chi connectivity index (χ3n) is 4.30. The molecule has 1 aliphatic carbocycles. The fourth-order valence-corrected chi connectivity index (χ4v) is 6.26. The van der Waals surface area contributed by atoms with Gasteiger partial charge in [0, 0.05) is 32.1 Å². The summed E-state index contributed by atoms with van der Waals surface area (Å²) in [7, 11) is 0.262. The fraction of sp³-hybridized carbons (Fsp3) is 0.529. The lowest BCUT2D eigenvalue weighted by atomic mass is 10.0. The average Bonchev–Trinajstić information content (AvgIpc) is 3.31. The van der Waals surface area contributed by atoms with Crippen LogP contribution in [-0.4, -0.2) is 51.4 Å². The zero-order valence-corrected chi connectivity index (χ0v) is 18.0. The molecule has 0 atom stereocenters. The highest BCUT2D eigenvalue weighted by atomic mass is 32.2. The second kappa shape index (κ2) is 9.13. The molecule has 0 fully saturated rings. The van der Waals surface area contributed by atoms with Gasteiger partial charge in [-0.05, 0) is 37.1 Å². The molecule has 0 aromatic carbocycles. The highest BCUT2D eigenvalue weighted by Gasteiger charge is 2.17. The number of fused-ring (bicyclic) bond motifs is 1. The van der Waals surface area contributed by atoms with Crippen LogP contribution in [-0.2, 0) is 29.4 Å². The Balaban J connectivity index is 1.48. The summed E-state index contributed by atoms with van der Waals surface area (Å²) in [6, 6.07) is 3.32. The van der Waals surface area contributed by atoms with Gasteiger partial charge in [0.15, 0.2) is 5.96 Å². The van der Waals surface area contributed by atoms with Crippen LogP contribution in [0.2, 0.25) is 0 Å². The van der Waals surface area contributed by atoms with Crippen molar-refractivity contribution in [2.45, 2.75) is 36.4 Å². The topological polar surface area (TPSA) is 86.7 Å². The van der Waals surface area contributed by atoms with Gasteiger partial charge in [0.2, 0.25) is 10.0 Å². The lowest BCUT2D eigenvalue weighted by Gasteiger charge is -2.21. The minimum Gasteiger partial charge on any atom is -0.355 e. The van der Waals surface area contributed by atoms with E-state index in [9.17, 15) is 8.42 Å². The molecule has 7 nitrogen and oxygen atoms in total. The van der Waals surface area contributed by atoms with Crippen LogP contribution >= 0.6 is 22.7 Å². The molecule has 1 aliphatic rings. The summed E-state index contributed by atoms with van der Waals surface area (Å²) in [6.07, 6.45) is 4.73. The van der Waals surface area contributed by atoms with Gasteiger partial charge in [0.05, 0.1) is 12.2 Å². The van der Waals surface area contributed by atoms with Crippen molar-refractivity contribution in [1.82, 2.24) is 19.9 Å². The Morgan fingerprint density at radius 1 is 1.33 bits per heavy atom. The smallest absolute Gasteiger partial charge is 0.250 e. The number of aryl methyl sites for hydroxylation is 2. The summed E-state index contributed by atoms with van der Waals surface area (Å²) >= 11 is 3.00. The predicted molar refractivity (Wildman–Crippen MR) is 111 cm³/mol. The molecule has 148 valence electrons. The predicted octanol–water partition coefficient (Wildman–Crippen LogP) is 2.07. The molecule has 0 saturated carbocycles. The van der Waals surface area contributed by atoms with Crippen LogP contribution in [0, 0.1) is 0 Å². The van der Waals surface area contributed by atoms with Gasteiger partial charge >= 0.3 is 0 Å². The Morgan fingerprint density at radius 3 is 2.85 bits per heavy atom. The molecule has 0 amide bonds. The van der Waals surface area contributed by atoms with E-state index >= 15 is 0 Å². The zero-order chi connectivity index (χ0) is 19.3. The summed E-state index contributed by atoms with van der Waals surface area (Å²) in [5, 5.41) is 6.05. The molecule has 2 N–H and O–H groups in total. The van der Waals surface area contributed by atoms with E-state index < -0.39 is 10.0 Å². The molecule has 3 rings (SSSR count). The minimum atomic E-state index is -3.43. The molecule has 0 saturated heterocycles. The van der Waals surface area contributed by atoms with Gasteiger partial charge in [-0.25, -0.2) is 18.1 Å². The minimum absolute atomic E-state index is 0.290. The third kappa shape index (κ3) is 5.28. The van der Waals surface area contributed by atoms with Crippen LogP contribution in [0.25, 0.3) is 0 Å². The van der Waals surface area contributed by atoms with Crippen LogP contribution in [0.15, 0.2) is 26.7 Å². The molecule has 0 aliphatic heterocycles. The van der Waals surface area contributed by atoms with E-state index in [-0.39, 0.29) is 0 Å². The van der Waals surface area contributed by atoms with Crippen molar-refractivity contribution in [3.05, 3.63) is 33.1 Å². The summed E-state index contributed by atoms with van der Waals surface area (Å²) < 4.78 is 27.1. The van der Waals surface area contributed by atoms with Gasteiger partial charge in [-0.1, -0.05) is 6.07 Å². The second-order valence-electron chi connectivity index (χ2n) is 6.34. The number of nitrogens with zero attached hydrogens (tertiary/aromatic N) is 3. The van der Waals surface area contributed by atoms with Crippen molar-refractivity contribution in [1.29, 1.82) is 0 Å². The second-order valence-corrected chi connectivity index (χ2v) is 10.5. The van der Waals surface area contributed by atoms with E-state index in [1.807, 2.05) is 11.9 Å². The van der Waals surface area contributed by atoms with Crippen LogP contribution < -0.4 is 10.0 Å². The lowest BCUT2D eigenvalue weighted by molar-refractivity contribution is 0.475. The number of guanidine groups is 1. The van der Waals surface area contributed by atoms with Gasteiger partial charge in [0.1, 0.15) is 9.22 Å². The Labute approximate surface area is 168 Å². The van der Waals surface area contributed by atoms with Crippen molar-refractivity contribution in [3.8, 4) is 0 Å². The number of hydrogen-bond acceptors (Lipinski definition) is 6. The average molecular weight is 428 g/mol. The maximum Gasteiger partial charge on any atom is 0.250 e. The van der Waals surface area contributed by atoms with Crippen molar-refractivity contribution in [3.63, 3.8) is 0 Å².